The van der Waals surface area contributed by atoms with Crippen molar-refractivity contribution in [1.29, 1.82) is 0 Å². The molecule has 19 heavy (non-hydrogen) atoms. The van der Waals surface area contributed by atoms with E-state index >= 15 is 0 Å². The van der Waals surface area contributed by atoms with Crippen molar-refractivity contribution >= 4 is 16.3 Å². The van der Waals surface area contributed by atoms with Crippen LogP contribution in [0.5, 0.6) is 0 Å². The van der Waals surface area contributed by atoms with Gasteiger partial charge in [0, 0.05) is 18.0 Å². The lowest BCUT2D eigenvalue weighted by molar-refractivity contribution is 0.937. The van der Waals surface area contributed by atoms with Crippen LogP contribution in [0.25, 0.3) is 16.2 Å². The van der Waals surface area contributed by atoms with E-state index in [-0.39, 0.29) is 0 Å². The molecular weight excluding hydrogens is 254 g/mol. The second-order valence-electron chi connectivity index (χ2n) is 4.59. The Bertz CT molecular complexity index is 679. The third kappa shape index (κ3) is 2.29. The molecule has 3 aromatic rings. The average molecular weight is 271 g/mol. The van der Waals surface area contributed by atoms with E-state index in [2.05, 4.69) is 52.2 Å². The molecule has 0 atom stereocenters. The van der Waals surface area contributed by atoms with Crippen molar-refractivity contribution in [3.05, 3.63) is 47.1 Å². The number of nitrogens with zero attached hydrogens (tertiary/aromatic N) is 2. The van der Waals surface area contributed by atoms with E-state index in [0.29, 0.717) is 6.54 Å². The van der Waals surface area contributed by atoms with Crippen LogP contribution in [-0.4, -0.2) is 15.9 Å². The third-order valence-electron chi connectivity index (χ3n) is 3.32. The first-order chi connectivity index (χ1) is 9.31. The molecule has 0 aliphatic rings. The smallest absolute Gasteiger partial charge is 0.194 e. The maximum Gasteiger partial charge on any atom is 0.194 e. The number of rotatable bonds is 4. The second-order valence-corrected chi connectivity index (χ2v) is 5.43. The fourth-order valence-corrected chi connectivity index (χ4v) is 3.12. The molecule has 1 aromatic carbocycles. The number of hydrogen-bond donors (Lipinski definition) is 1. The molecule has 4 heteroatoms. The Morgan fingerprint density at radius 3 is 2.74 bits per heavy atom. The number of thiazole rings is 1. The van der Waals surface area contributed by atoms with Crippen molar-refractivity contribution in [2.24, 2.45) is 5.73 Å². The fourth-order valence-electron chi connectivity index (χ4n) is 2.22. The highest BCUT2D eigenvalue weighted by molar-refractivity contribution is 7.15. The molecule has 0 bridgehead atoms. The number of hydrogen-bond acceptors (Lipinski definition) is 3. The summed E-state index contributed by atoms with van der Waals surface area (Å²) in [6, 6.07) is 8.75. The molecule has 0 saturated heterocycles. The Morgan fingerprint density at radius 2 is 2.05 bits per heavy atom. The van der Waals surface area contributed by atoms with Crippen LogP contribution < -0.4 is 5.73 Å². The SMILES string of the molecule is CCc1ccc(-c2csc3nc(CCN)cn23)cc1. The molecule has 0 radical (unpaired) electrons. The Hall–Kier alpha value is -1.65. The normalized spacial score (nSPS) is 11.3. The monoisotopic (exact) mass is 271 g/mol. The van der Waals surface area contributed by atoms with E-state index in [9.17, 15) is 0 Å². The molecule has 0 aliphatic carbocycles. The van der Waals surface area contributed by atoms with Gasteiger partial charge in [-0.05, 0) is 24.1 Å². The summed E-state index contributed by atoms with van der Waals surface area (Å²) in [6.45, 7) is 2.82. The summed E-state index contributed by atoms with van der Waals surface area (Å²) in [5, 5.41) is 2.16. The van der Waals surface area contributed by atoms with Gasteiger partial charge in [0.1, 0.15) is 0 Å². The maximum atomic E-state index is 5.59. The molecular formula is C15H17N3S. The second kappa shape index (κ2) is 5.15. The minimum atomic E-state index is 0.644. The van der Waals surface area contributed by atoms with Gasteiger partial charge < -0.3 is 5.73 Å². The van der Waals surface area contributed by atoms with E-state index in [1.165, 1.54) is 16.8 Å². The van der Waals surface area contributed by atoms with Crippen molar-refractivity contribution in [2.45, 2.75) is 19.8 Å². The van der Waals surface area contributed by atoms with Crippen molar-refractivity contribution < 1.29 is 0 Å². The molecule has 2 N–H and O–H groups in total. The van der Waals surface area contributed by atoms with E-state index in [4.69, 9.17) is 5.73 Å². The minimum absolute atomic E-state index is 0.644. The highest BCUT2D eigenvalue weighted by Gasteiger charge is 2.09. The molecule has 0 saturated carbocycles. The first-order valence-corrected chi connectivity index (χ1v) is 7.44. The van der Waals surface area contributed by atoms with Gasteiger partial charge in [-0.1, -0.05) is 31.2 Å². The third-order valence-corrected chi connectivity index (χ3v) is 4.16. The Labute approximate surface area is 116 Å². The van der Waals surface area contributed by atoms with Crippen LogP contribution in [0.4, 0.5) is 0 Å². The van der Waals surface area contributed by atoms with Gasteiger partial charge >= 0.3 is 0 Å². The van der Waals surface area contributed by atoms with Gasteiger partial charge in [0.25, 0.3) is 0 Å². The topological polar surface area (TPSA) is 43.3 Å². The molecule has 3 nitrogen and oxygen atoms in total. The number of benzene rings is 1. The average Bonchev–Trinajstić information content (AvgIpc) is 2.99. The molecule has 98 valence electrons. The van der Waals surface area contributed by atoms with Crippen LogP contribution >= 0.6 is 11.3 Å². The maximum absolute atomic E-state index is 5.59. The lowest BCUT2D eigenvalue weighted by Gasteiger charge is -2.01. The summed E-state index contributed by atoms with van der Waals surface area (Å²) in [5.74, 6) is 0. The number of aryl methyl sites for hydroxylation is 1. The van der Waals surface area contributed by atoms with Gasteiger partial charge in [-0.3, -0.25) is 4.40 Å². The Kier molecular flexibility index (Phi) is 3.36. The zero-order valence-corrected chi connectivity index (χ0v) is 11.8. The molecule has 0 unspecified atom stereocenters. The van der Waals surface area contributed by atoms with Crippen LogP contribution in [0, 0.1) is 0 Å². The van der Waals surface area contributed by atoms with E-state index in [1.807, 2.05) is 0 Å². The Morgan fingerprint density at radius 1 is 1.26 bits per heavy atom. The van der Waals surface area contributed by atoms with Gasteiger partial charge in [0.2, 0.25) is 0 Å². The van der Waals surface area contributed by atoms with Gasteiger partial charge in [-0.2, -0.15) is 0 Å². The summed E-state index contributed by atoms with van der Waals surface area (Å²) < 4.78 is 2.16. The number of aromatic nitrogens is 2. The fraction of sp³-hybridized carbons (Fsp3) is 0.267. The molecule has 0 amide bonds. The standard InChI is InChI=1S/C15H17N3S/c1-2-11-3-5-12(6-4-11)14-10-19-15-17-13(7-8-16)9-18(14)15/h3-6,9-10H,2,7-8,16H2,1H3. The molecule has 0 aliphatic heterocycles. The van der Waals surface area contributed by atoms with Crippen molar-refractivity contribution in [3.8, 4) is 11.3 Å². The van der Waals surface area contributed by atoms with Gasteiger partial charge in [0.15, 0.2) is 4.96 Å². The Balaban J connectivity index is 2.03. The summed E-state index contributed by atoms with van der Waals surface area (Å²) in [7, 11) is 0. The molecule has 2 heterocycles. The number of imidazole rings is 1. The van der Waals surface area contributed by atoms with Crippen LogP contribution in [0.3, 0.4) is 0 Å². The highest BCUT2D eigenvalue weighted by Crippen LogP contribution is 2.26. The number of nitrogens with two attached hydrogens (primary N) is 1. The molecule has 3 rings (SSSR count). The van der Waals surface area contributed by atoms with Crippen LogP contribution in [0.2, 0.25) is 0 Å². The molecule has 2 aromatic heterocycles. The summed E-state index contributed by atoms with van der Waals surface area (Å²) >= 11 is 1.68. The van der Waals surface area contributed by atoms with E-state index in [0.717, 1.165) is 23.5 Å². The minimum Gasteiger partial charge on any atom is -0.330 e. The van der Waals surface area contributed by atoms with Crippen molar-refractivity contribution in [2.75, 3.05) is 6.54 Å². The first-order valence-electron chi connectivity index (χ1n) is 6.56. The predicted molar refractivity (Wildman–Crippen MR) is 80.6 cm³/mol. The highest BCUT2D eigenvalue weighted by atomic mass is 32.1. The lowest BCUT2D eigenvalue weighted by atomic mass is 10.1. The zero-order valence-electron chi connectivity index (χ0n) is 11.0. The molecule has 0 spiro atoms. The summed E-state index contributed by atoms with van der Waals surface area (Å²) in [6.07, 6.45) is 4.01. The summed E-state index contributed by atoms with van der Waals surface area (Å²) in [5.41, 5.74) is 10.5. The van der Waals surface area contributed by atoms with Gasteiger partial charge in [0.05, 0.1) is 11.4 Å². The van der Waals surface area contributed by atoms with Crippen LogP contribution in [0.1, 0.15) is 18.2 Å². The van der Waals surface area contributed by atoms with E-state index < -0.39 is 0 Å². The largest absolute Gasteiger partial charge is 0.330 e. The lowest BCUT2D eigenvalue weighted by Crippen LogP contribution is -2.02. The molecule has 0 fully saturated rings. The van der Waals surface area contributed by atoms with Gasteiger partial charge in [-0.15, -0.1) is 11.3 Å². The summed E-state index contributed by atoms with van der Waals surface area (Å²) in [4.78, 5) is 5.62. The van der Waals surface area contributed by atoms with Crippen molar-refractivity contribution in [1.82, 2.24) is 9.38 Å². The van der Waals surface area contributed by atoms with Crippen LogP contribution in [0.15, 0.2) is 35.8 Å². The van der Waals surface area contributed by atoms with E-state index in [1.54, 1.807) is 11.3 Å². The zero-order chi connectivity index (χ0) is 13.2. The number of fused-ring (bicyclic) bond motifs is 1. The first kappa shape index (κ1) is 12.4. The van der Waals surface area contributed by atoms with Crippen LogP contribution in [-0.2, 0) is 12.8 Å². The van der Waals surface area contributed by atoms with Gasteiger partial charge in [-0.25, -0.2) is 4.98 Å². The predicted octanol–water partition coefficient (Wildman–Crippen LogP) is 3.13. The quantitative estimate of drug-likeness (QED) is 0.792. The van der Waals surface area contributed by atoms with Crippen molar-refractivity contribution in [3.63, 3.8) is 0 Å².